The minimum atomic E-state index is -0.0970. The van der Waals surface area contributed by atoms with E-state index < -0.39 is 0 Å². The Hall–Kier alpha value is -3.32. The average Bonchev–Trinajstić information content (AvgIpc) is 3.25. The van der Waals surface area contributed by atoms with E-state index in [1.807, 2.05) is 44.2 Å². The van der Waals surface area contributed by atoms with Crippen molar-refractivity contribution in [1.29, 1.82) is 0 Å². The first-order chi connectivity index (χ1) is 17.2. The lowest BCUT2D eigenvalue weighted by Crippen LogP contribution is -2.29. The van der Waals surface area contributed by atoms with Gasteiger partial charge in [-0.2, -0.15) is 0 Å². The number of aromatic nitrogens is 1. The van der Waals surface area contributed by atoms with Crippen molar-refractivity contribution in [3.8, 4) is 0 Å². The van der Waals surface area contributed by atoms with Gasteiger partial charge in [0, 0.05) is 24.7 Å². The lowest BCUT2D eigenvalue weighted by Gasteiger charge is -2.14. The Morgan fingerprint density at radius 1 is 1.06 bits per heavy atom. The number of anilines is 1. The van der Waals surface area contributed by atoms with Crippen molar-refractivity contribution in [2.24, 2.45) is 0 Å². The molecule has 7 nitrogen and oxygen atoms in total. The first-order valence-electron chi connectivity index (χ1n) is 12.7. The number of hydrogen-bond acceptors (Lipinski definition) is 3. The summed E-state index contributed by atoms with van der Waals surface area (Å²) in [7, 11) is 0. The van der Waals surface area contributed by atoms with Gasteiger partial charge in [0.25, 0.3) is 0 Å². The van der Waals surface area contributed by atoms with Crippen LogP contribution in [0, 0.1) is 0 Å². The molecular weight excluding hydrogens is 440 g/mol. The third-order valence-electron chi connectivity index (χ3n) is 5.60. The number of hydroxylamine groups is 1. The van der Waals surface area contributed by atoms with E-state index in [9.17, 15) is 9.59 Å². The van der Waals surface area contributed by atoms with Crippen LogP contribution in [-0.2, 0) is 29.2 Å². The van der Waals surface area contributed by atoms with Crippen LogP contribution in [0.3, 0.4) is 0 Å². The molecule has 190 valence electrons. The van der Waals surface area contributed by atoms with E-state index in [0.717, 1.165) is 42.6 Å². The highest BCUT2D eigenvalue weighted by molar-refractivity contribution is 6.02. The second kappa shape index (κ2) is 16.3. The van der Waals surface area contributed by atoms with E-state index in [1.54, 1.807) is 0 Å². The van der Waals surface area contributed by atoms with Gasteiger partial charge in [0.2, 0.25) is 6.41 Å². The van der Waals surface area contributed by atoms with Gasteiger partial charge < -0.3 is 15.2 Å². The summed E-state index contributed by atoms with van der Waals surface area (Å²) in [5, 5.41) is 7.12. The van der Waals surface area contributed by atoms with Crippen LogP contribution in [0.5, 0.6) is 0 Å². The molecule has 35 heavy (non-hydrogen) atoms. The van der Waals surface area contributed by atoms with Crippen LogP contribution >= 0.6 is 0 Å². The maximum absolute atomic E-state index is 12.1. The van der Waals surface area contributed by atoms with E-state index in [4.69, 9.17) is 4.84 Å². The van der Waals surface area contributed by atoms with Crippen LogP contribution in [0.25, 0.3) is 10.9 Å². The predicted molar refractivity (Wildman–Crippen MR) is 143 cm³/mol. The van der Waals surface area contributed by atoms with Crippen LogP contribution in [0.15, 0.2) is 54.7 Å². The third kappa shape index (κ3) is 9.09. The maximum atomic E-state index is 12.1. The fourth-order valence-electron chi connectivity index (χ4n) is 4.01. The molecule has 3 amide bonds. The normalized spacial score (nSPS) is 11.4. The first kappa shape index (κ1) is 27.9. The number of hydrogen-bond donors (Lipinski definition) is 3. The zero-order valence-electron chi connectivity index (χ0n) is 21.3. The van der Waals surface area contributed by atoms with E-state index in [-0.39, 0.29) is 6.03 Å². The maximum Gasteiger partial charge on any atom is 0.319 e. The summed E-state index contributed by atoms with van der Waals surface area (Å²) < 4.78 is 2.27. The van der Waals surface area contributed by atoms with Crippen LogP contribution in [0.4, 0.5) is 10.5 Å². The van der Waals surface area contributed by atoms with Crippen molar-refractivity contribution in [2.75, 3.05) is 11.9 Å². The number of unbranched alkanes of at least 4 members (excludes halogenated alkanes) is 3. The summed E-state index contributed by atoms with van der Waals surface area (Å²) >= 11 is 0. The molecule has 4 rings (SSSR count). The highest BCUT2D eigenvalue weighted by Gasteiger charge is 2.16. The largest absolute Gasteiger partial charge is 0.345 e. The van der Waals surface area contributed by atoms with Crippen LogP contribution < -0.4 is 16.1 Å². The Kier molecular flexibility index (Phi) is 13.0. The number of rotatable bonds is 10. The number of para-hydroxylation sites is 1. The van der Waals surface area contributed by atoms with Gasteiger partial charge in [-0.1, -0.05) is 88.6 Å². The summed E-state index contributed by atoms with van der Waals surface area (Å²) in [6.07, 6.45) is 9.56. The van der Waals surface area contributed by atoms with Gasteiger partial charge in [0.05, 0.1) is 17.8 Å². The number of amides is 3. The van der Waals surface area contributed by atoms with Crippen molar-refractivity contribution in [3.63, 3.8) is 0 Å². The molecule has 0 aliphatic carbocycles. The van der Waals surface area contributed by atoms with Crippen molar-refractivity contribution >= 4 is 29.0 Å². The highest BCUT2D eigenvalue weighted by Crippen LogP contribution is 2.32. The monoisotopic (exact) mass is 480 g/mol. The van der Waals surface area contributed by atoms with Gasteiger partial charge >= 0.3 is 6.03 Å². The molecule has 2 heterocycles. The predicted octanol–water partition coefficient (Wildman–Crippen LogP) is 6.18. The molecule has 0 spiro atoms. The molecule has 0 bridgehead atoms. The third-order valence-corrected chi connectivity index (χ3v) is 5.60. The van der Waals surface area contributed by atoms with Gasteiger partial charge in [-0.25, -0.2) is 10.3 Å². The lowest BCUT2D eigenvalue weighted by molar-refractivity contribution is -0.121. The van der Waals surface area contributed by atoms with Gasteiger partial charge in [-0.3, -0.25) is 9.63 Å². The van der Waals surface area contributed by atoms with Gasteiger partial charge in [-0.15, -0.1) is 0 Å². The Morgan fingerprint density at radius 3 is 2.60 bits per heavy atom. The quantitative estimate of drug-likeness (QED) is 0.184. The molecule has 1 aromatic heterocycles. The Bertz CT molecular complexity index is 1020. The van der Waals surface area contributed by atoms with E-state index in [1.165, 1.54) is 36.8 Å². The number of nitrogens with one attached hydrogen (secondary N) is 3. The molecule has 0 saturated carbocycles. The molecular formula is C28H40N4O3. The second-order valence-electron chi connectivity index (χ2n) is 8.10. The lowest BCUT2D eigenvalue weighted by atomic mass is 10.0. The van der Waals surface area contributed by atoms with Crippen molar-refractivity contribution < 1.29 is 14.4 Å². The topological polar surface area (TPSA) is 84.4 Å². The number of aryl methyl sites for hydroxylation is 2. The molecule has 0 fully saturated rings. The number of urea groups is 1. The molecule has 1 aliphatic rings. The second-order valence-corrected chi connectivity index (χ2v) is 8.10. The van der Waals surface area contributed by atoms with Crippen molar-refractivity contribution in [1.82, 2.24) is 15.4 Å². The average molecular weight is 481 g/mol. The summed E-state index contributed by atoms with van der Waals surface area (Å²) in [4.78, 5) is 26.6. The standard InChI is InChI=1S/C18H25N3O.C8H9NO2.C2H6/c1-2-3-4-5-11-19-18(22)20-16-13-21-12-7-9-14-8-6-10-15(16)17(14)21;10-7-9-11-6-8-4-2-1-3-5-8;1-2/h6,8,10,13H,2-5,7,9,11-12H2,1H3,(H2,19,20,22);1-5,7H,6H2,(H,9,10);1-2H3. The minimum Gasteiger partial charge on any atom is -0.345 e. The zero-order valence-corrected chi connectivity index (χ0v) is 21.3. The fourth-order valence-corrected chi connectivity index (χ4v) is 4.01. The summed E-state index contributed by atoms with van der Waals surface area (Å²) in [6.45, 7) is 8.37. The van der Waals surface area contributed by atoms with Crippen LogP contribution in [0.1, 0.15) is 64.0 Å². The van der Waals surface area contributed by atoms with Gasteiger partial charge in [-0.05, 0) is 30.4 Å². The van der Waals surface area contributed by atoms with E-state index >= 15 is 0 Å². The smallest absolute Gasteiger partial charge is 0.319 e. The number of nitrogens with zero attached hydrogens (tertiary/aromatic N) is 1. The van der Waals surface area contributed by atoms with Crippen LogP contribution in [0.2, 0.25) is 0 Å². The molecule has 2 aromatic carbocycles. The Labute approximate surface area is 209 Å². The fraction of sp³-hybridized carbons (Fsp3) is 0.429. The zero-order chi connectivity index (χ0) is 25.3. The molecule has 0 atom stereocenters. The minimum absolute atomic E-state index is 0.0970. The number of carbonyl (C=O) groups is 2. The van der Waals surface area contributed by atoms with Crippen LogP contribution in [-0.4, -0.2) is 23.6 Å². The SMILES string of the molecule is CC.CCCCCCNC(=O)Nc1cn2c3c(cccc13)CCC2.O=CNOCc1ccccc1. The Balaban J connectivity index is 0.000000280. The van der Waals surface area contributed by atoms with Crippen molar-refractivity contribution in [3.05, 3.63) is 65.9 Å². The highest BCUT2D eigenvalue weighted by atomic mass is 16.6. The molecule has 3 aromatic rings. The van der Waals surface area contributed by atoms with Crippen molar-refractivity contribution in [2.45, 2.75) is 72.4 Å². The molecule has 0 radical (unpaired) electrons. The summed E-state index contributed by atoms with van der Waals surface area (Å²) in [5.74, 6) is 0. The summed E-state index contributed by atoms with van der Waals surface area (Å²) in [5.41, 5.74) is 6.74. The Morgan fingerprint density at radius 2 is 1.86 bits per heavy atom. The molecule has 3 N–H and O–H groups in total. The molecule has 0 saturated heterocycles. The first-order valence-corrected chi connectivity index (χ1v) is 12.7. The molecule has 0 unspecified atom stereocenters. The number of benzene rings is 2. The van der Waals surface area contributed by atoms with Gasteiger partial charge in [0.1, 0.15) is 0 Å². The molecule has 1 aliphatic heterocycles. The molecule has 7 heteroatoms. The van der Waals surface area contributed by atoms with E-state index in [0.29, 0.717) is 13.0 Å². The number of carbonyl (C=O) groups excluding carboxylic acids is 2. The van der Waals surface area contributed by atoms with E-state index in [2.05, 4.69) is 52.0 Å². The van der Waals surface area contributed by atoms with Gasteiger partial charge in [0.15, 0.2) is 0 Å². The summed E-state index contributed by atoms with van der Waals surface area (Å²) in [6, 6.07) is 15.9.